The zero-order chi connectivity index (χ0) is 23.1. The van der Waals surface area contributed by atoms with E-state index in [1.807, 2.05) is 31.2 Å². The Kier molecular flexibility index (Phi) is 7.38. The van der Waals surface area contributed by atoms with Crippen LogP contribution in [0.2, 0.25) is 0 Å². The van der Waals surface area contributed by atoms with E-state index in [1.165, 1.54) is 13.2 Å². The van der Waals surface area contributed by atoms with Crippen molar-refractivity contribution in [2.75, 3.05) is 19.0 Å². The van der Waals surface area contributed by atoms with Gasteiger partial charge in [-0.1, -0.05) is 35.9 Å². The van der Waals surface area contributed by atoms with Gasteiger partial charge in [-0.25, -0.2) is 9.78 Å². The maximum atomic E-state index is 12.1. The lowest BCUT2D eigenvalue weighted by atomic mass is 10.1. The number of anilines is 1. The van der Waals surface area contributed by atoms with Gasteiger partial charge in [0.2, 0.25) is 0 Å². The highest BCUT2D eigenvalue weighted by molar-refractivity contribution is 5.96. The average Bonchev–Trinajstić information content (AvgIpc) is 3.26. The van der Waals surface area contributed by atoms with E-state index in [4.69, 9.17) is 9.15 Å². The number of nitrogens with zero attached hydrogens (tertiary/aromatic N) is 1. The van der Waals surface area contributed by atoms with Crippen molar-refractivity contribution in [3.8, 4) is 11.3 Å². The number of benzene rings is 2. The van der Waals surface area contributed by atoms with E-state index in [2.05, 4.69) is 15.0 Å². The number of esters is 2. The number of hydrogen-bond donors (Lipinski definition) is 1. The third kappa shape index (κ3) is 6.04. The summed E-state index contributed by atoms with van der Waals surface area (Å²) >= 11 is 0. The van der Waals surface area contributed by atoms with E-state index >= 15 is 0 Å². The van der Waals surface area contributed by atoms with Crippen LogP contribution >= 0.6 is 0 Å². The van der Waals surface area contributed by atoms with Crippen molar-refractivity contribution in [2.45, 2.75) is 26.7 Å². The minimum Gasteiger partial charge on any atom is -0.465 e. The van der Waals surface area contributed by atoms with Crippen LogP contribution in [-0.2, 0) is 25.5 Å². The number of carbonyl (C=O) groups excluding carboxylic acids is 3. The number of aromatic nitrogens is 1. The Balaban J connectivity index is 1.47. The first-order valence-corrected chi connectivity index (χ1v) is 10.0. The molecular formula is C24H24N2O6. The second-order valence-electron chi connectivity index (χ2n) is 7.21. The second-order valence-corrected chi connectivity index (χ2v) is 7.21. The molecule has 0 radical (unpaired) electrons. The maximum Gasteiger partial charge on any atom is 0.337 e. The Morgan fingerprint density at radius 3 is 2.53 bits per heavy atom. The van der Waals surface area contributed by atoms with E-state index < -0.39 is 24.5 Å². The molecule has 32 heavy (non-hydrogen) atoms. The standard InChI is InChI=1S/C24H24N2O6/c1-15-4-7-17(8-5-15)20-13-25-22(32-20)10-11-23(28)31-14-21(27)26-19-12-18(24(29)30-3)9-6-16(19)2/h4-9,12-13H,10-11,14H2,1-3H3,(H,26,27). The number of methoxy groups -OCH3 is 1. The van der Waals surface area contributed by atoms with Gasteiger partial charge in [0.15, 0.2) is 18.3 Å². The first-order valence-electron chi connectivity index (χ1n) is 10.0. The van der Waals surface area contributed by atoms with Gasteiger partial charge in [-0.2, -0.15) is 0 Å². The highest BCUT2D eigenvalue weighted by atomic mass is 16.5. The van der Waals surface area contributed by atoms with Crippen LogP contribution < -0.4 is 5.32 Å². The molecule has 3 aromatic rings. The molecule has 3 rings (SSSR count). The molecule has 1 aromatic heterocycles. The molecule has 8 heteroatoms. The smallest absolute Gasteiger partial charge is 0.337 e. The fourth-order valence-electron chi connectivity index (χ4n) is 2.89. The van der Waals surface area contributed by atoms with Gasteiger partial charge in [0.25, 0.3) is 5.91 Å². The second kappa shape index (κ2) is 10.4. The van der Waals surface area contributed by atoms with E-state index in [0.29, 0.717) is 22.9 Å². The van der Waals surface area contributed by atoms with Crippen LogP contribution in [0, 0.1) is 13.8 Å². The summed E-state index contributed by atoms with van der Waals surface area (Å²) < 4.78 is 15.4. The van der Waals surface area contributed by atoms with Crippen LogP contribution in [0.3, 0.4) is 0 Å². The molecule has 0 saturated carbocycles. The largest absolute Gasteiger partial charge is 0.465 e. The zero-order valence-corrected chi connectivity index (χ0v) is 18.1. The van der Waals surface area contributed by atoms with Crippen molar-refractivity contribution in [2.24, 2.45) is 0 Å². The Morgan fingerprint density at radius 1 is 1.06 bits per heavy atom. The van der Waals surface area contributed by atoms with Crippen molar-refractivity contribution in [3.63, 3.8) is 0 Å². The highest BCUT2D eigenvalue weighted by Gasteiger charge is 2.14. The fraction of sp³-hybridized carbons (Fsp3) is 0.250. The third-order valence-electron chi connectivity index (χ3n) is 4.73. The van der Waals surface area contributed by atoms with Crippen LogP contribution in [0.5, 0.6) is 0 Å². The molecule has 0 bridgehead atoms. The molecule has 0 atom stereocenters. The molecule has 0 unspecified atom stereocenters. The number of hydrogen-bond acceptors (Lipinski definition) is 7. The average molecular weight is 436 g/mol. The molecule has 2 aromatic carbocycles. The van der Waals surface area contributed by atoms with Gasteiger partial charge in [-0.3, -0.25) is 9.59 Å². The van der Waals surface area contributed by atoms with Crippen LogP contribution in [0.4, 0.5) is 5.69 Å². The summed E-state index contributed by atoms with van der Waals surface area (Å²) in [7, 11) is 1.28. The molecule has 0 saturated heterocycles. The predicted molar refractivity (Wildman–Crippen MR) is 117 cm³/mol. The minimum atomic E-state index is -0.546. The number of oxazole rings is 1. The lowest BCUT2D eigenvalue weighted by Gasteiger charge is -2.10. The Morgan fingerprint density at radius 2 is 1.81 bits per heavy atom. The molecule has 0 fully saturated rings. The lowest BCUT2D eigenvalue weighted by molar-refractivity contribution is -0.147. The summed E-state index contributed by atoms with van der Waals surface area (Å²) in [5.41, 5.74) is 3.55. The summed E-state index contributed by atoms with van der Waals surface area (Å²) in [6.45, 7) is 3.34. The first kappa shape index (κ1) is 22.7. The molecular weight excluding hydrogens is 412 g/mol. The fourth-order valence-corrected chi connectivity index (χ4v) is 2.89. The van der Waals surface area contributed by atoms with Gasteiger partial charge in [-0.15, -0.1) is 0 Å². The summed E-state index contributed by atoms with van der Waals surface area (Å²) in [5, 5.41) is 2.63. The monoisotopic (exact) mass is 436 g/mol. The highest BCUT2D eigenvalue weighted by Crippen LogP contribution is 2.21. The van der Waals surface area contributed by atoms with Gasteiger partial charge in [-0.05, 0) is 31.5 Å². The Hall–Kier alpha value is -3.94. The zero-order valence-electron chi connectivity index (χ0n) is 18.1. The molecule has 0 aliphatic carbocycles. The number of aryl methyl sites for hydroxylation is 3. The lowest BCUT2D eigenvalue weighted by Crippen LogP contribution is -2.21. The third-order valence-corrected chi connectivity index (χ3v) is 4.73. The summed E-state index contributed by atoms with van der Waals surface area (Å²) in [4.78, 5) is 40.0. The van der Waals surface area contributed by atoms with Gasteiger partial charge in [0.05, 0.1) is 25.3 Å². The number of rotatable bonds is 8. The molecule has 1 N–H and O–H groups in total. The van der Waals surface area contributed by atoms with Crippen LogP contribution in [0.1, 0.15) is 33.8 Å². The Labute approximate surface area is 185 Å². The summed E-state index contributed by atoms with van der Waals surface area (Å²) in [6, 6.07) is 12.6. The molecule has 0 spiro atoms. The predicted octanol–water partition coefficient (Wildman–Crippen LogP) is 3.86. The van der Waals surface area contributed by atoms with Crippen molar-refractivity contribution in [1.82, 2.24) is 4.98 Å². The Bertz CT molecular complexity index is 1120. The number of amides is 1. The molecule has 1 heterocycles. The number of ether oxygens (including phenoxy) is 2. The number of carbonyl (C=O) groups is 3. The molecule has 0 aliphatic heterocycles. The van der Waals surface area contributed by atoms with Crippen LogP contribution in [0.15, 0.2) is 53.1 Å². The van der Waals surface area contributed by atoms with Crippen molar-refractivity contribution >= 4 is 23.5 Å². The van der Waals surface area contributed by atoms with E-state index in [9.17, 15) is 14.4 Å². The maximum absolute atomic E-state index is 12.1. The first-order chi connectivity index (χ1) is 15.4. The van der Waals surface area contributed by atoms with Gasteiger partial charge < -0.3 is 19.2 Å². The van der Waals surface area contributed by atoms with Crippen LogP contribution in [0.25, 0.3) is 11.3 Å². The van der Waals surface area contributed by atoms with Gasteiger partial charge in [0.1, 0.15) is 0 Å². The van der Waals surface area contributed by atoms with Crippen molar-refractivity contribution in [1.29, 1.82) is 0 Å². The topological polar surface area (TPSA) is 108 Å². The van der Waals surface area contributed by atoms with Gasteiger partial charge >= 0.3 is 11.9 Å². The summed E-state index contributed by atoms with van der Waals surface area (Å²) in [6.07, 6.45) is 1.90. The van der Waals surface area contributed by atoms with Gasteiger partial charge in [0, 0.05) is 17.7 Å². The van der Waals surface area contributed by atoms with E-state index in [0.717, 1.165) is 16.7 Å². The van der Waals surface area contributed by atoms with Crippen LogP contribution in [-0.4, -0.2) is 36.5 Å². The molecule has 8 nitrogen and oxygen atoms in total. The summed E-state index contributed by atoms with van der Waals surface area (Å²) in [5.74, 6) is -0.532. The number of nitrogens with one attached hydrogen (secondary N) is 1. The SMILES string of the molecule is COC(=O)c1ccc(C)c(NC(=O)COC(=O)CCc2ncc(-c3ccc(C)cc3)o2)c1. The molecule has 0 aliphatic rings. The van der Waals surface area contributed by atoms with Crippen molar-refractivity contribution in [3.05, 3.63) is 71.2 Å². The molecule has 1 amide bonds. The van der Waals surface area contributed by atoms with E-state index in [1.54, 1.807) is 25.3 Å². The van der Waals surface area contributed by atoms with Crippen molar-refractivity contribution < 1.29 is 28.3 Å². The minimum absolute atomic E-state index is 0.0258. The normalized spacial score (nSPS) is 10.5. The quantitative estimate of drug-likeness (QED) is 0.534. The van der Waals surface area contributed by atoms with E-state index in [-0.39, 0.29) is 12.8 Å². The molecule has 166 valence electrons.